The summed E-state index contributed by atoms with van der Waals surface area (Å²) in [6.45, 7) is 5.63. The zero-order valence-electron chi connectivity index (χ0n) is 17.8. The van der Waals surface area contributed by atoms with Crippen LogP contribution < -0.4 is 4.31 Å². The number of aromatic nitrogens is 2. The normalized spacial score (nSPS) is 12.8. The van der Waals surface area contributed by atoms with Crippen LogP contribution in [0.15, 0.2) is 30.0 Å². The summed E-state index contributed by atoms with van der Waals surface area (Å²) < 4.78 is 38.5. The highest BCUT2D eigenvalue weighted by Crippen LogP contribution is 2.35. The lowest BCUT2D eigenvalue weighted by atomic mass is 9.96. The molecule has 0 saturated carbocycles. The van der Waals surface area contributed by atoms with Crippen LogP contribution in [0, 0.1) is 5.82 Å². The Morgan fingerprint density at radius 3 is 2.27 bits per heavy atom. The predicted molar refractivity (Wildman–Crippen MR) is 116 cm³/mol. The summed E-state index contributed by atoms with van der Waals surface area (Å²) in [5.41, 5.74) is 1.24. The number of aliphatic hydroxyl groups excluding tert-OH is 2. The highest BCUT2D eigenvalue weighted by atomic mass is 32.2. The molecule has 0 amide bonds. The number of halogens is 1. The van der Waals surface area contributed by atoms with E-state index in [0.717, 1.165) is 17.0 Å². The number of anilines is 1. The first-order valence-corrected chi connectivity index (χ1v) is 11.5. The van der Waals surface area contributed by atoms with Crippen molar-refractivity contribution in [3.63, 3.8) is 0 Å². The highest BCUT2D eigenvalue weighted by Gasteiger charge is 2.26. The van der Waals surface area contributed by atoms with Crippen LogP contribution in [-0.4, -0.2) is 41.9 Å². The third kappa shape index (κ3) is 5.27. The van der Waals surface area contributed by atoms with Gasteiger partial charge in [-0.3, -0.25) is 0 Å². The fraction of sp³-hybridized carbons (Fsp3) is 0.429. The number of benzene rings is 1. The summed E-state index contributed by atoms with van der Waals surface area (Å²) in [6, 6.07) is 5.44. The van der Waals surface area contributed by atoms with Gasteiger partial charge < -0.3 is 10.2 Å². The molecule has 2 aromatic rings. The number of unbranched alkanes of at least 4 members (excludes halogenated alkanes) is 1. The first-order chi connectivity index (χ1) is 14.0. The van der Waals surface area contributed by atoms with Gasteiger partial charge in [0.15, 0.2) is 5.76 Å². The molecule has 2 N–H and O–H groups in total. The van der Waals surface area contributed by atoms with Gasteiger partial charge in [0, 0.05) is 19.0 Å². The van der Waals surface area contributed by atoms with Gasteiger partial charge in [0.25, 0.3) is 0 Å². The van der Waals surface area contributed by atoms with E-state index in [-0.39, 0.29) is 41.1 Å². The monoisotopic (exact) mass is 437 g/mol. The molecule has 0 spiro atoms. The van der Waals surface area contributed by atoms with E-state index in [9.17, 15) is 23.0 Å². The van der Waals surface area contributed by atoms with Gasteiger partial charge in [-0.1, -0.05) is 27.2 Å². The van der Waals surface area contributed by atoms with Crippen molar-refractivity contribution in [1.82, 2.24) is 9.97 Å². The minimum Gasteiger partial charge on any atom is -0.508 e. The minimum atomic E-state index is -3.64. The topological polar surface area (TPSA) is 104 Å². The van der Waals surface area contributed by atoms with E-state index in [4.69, 9.17) is 0 Å². The molecule has 1 aromatic heterocycles. The molecule has 0 unspecified atom stereocenters. The summed E-state index contributed by atoms with van der Waals surface area (Å²) >= 11 is 0. The van der Waals surface area contributed by atoms with Crippen LogP contribution in [0.3, 0.4) is 0 Å². The van der Waals surface area contributed by atoms with Crippen molar-refractivity contribution in [2.75, 3.05) is 17.6 Å². The first-order valence-electron chi connectivity index (χ1n) is 9.70. The molecule has 2 rings (SSSR count). The minimum absolute atomic E-state index is 0.0786. The average Bonchev–Trinajstić information content (AvgIpc) is 2.69. The van der Waals surface area contributed by atoms with Crippen LogP contribution in [-0.2, 0) is 10.0 Å². The van der Waals surface area contributed by atoms with E-state index in [1.807, 2.05) is 20.8 Å². The van der Waals surface area contributed by atoms with E-state index >= 15 is 0 Å². The Morgan fingerprint density at radius 1 is 1.17 bits per heavy atom. The van der Waals surface area contributed by atoms with E-state index in [2.05, 4.69) is 9.97 Å². The molecule has 0 aliphatic carbocycles. The summed E-state index contributed by atoms with van der Waals surface area (Å²) in [5, 5.41) is 21.3. The molecule has 1 aromatic carbocycles. The zero-order chi connectivity index (χ0) is 22.6. The highest BCUT2D eigenvalue weighted by molar-refractivity contribution is 7.92. The molecule has 0 aliphatic rings. The lowest BCUT2D eigenvalue weighted by molar-refractivity contribution is 0.356. The summed E-state index contributed by atoms with van der Waals surface area (Å²) in [5.74, 6) is -1.31. The first kappa shape index (κ1) is 23.6. The maximum atomic E-state index is 13.5. The molecule has 0 radical (unpaired) electrons. The lowest BCUT2D eigenvalue weighted by Gasteiger charge is -2.21. The van der Waals surface area contributed by atoms with Gasteiger partial charge in [0.05, 0.1) is 23.2 Å². The van der Waals surface area contributed by atoms with Crippen molar-refractivity contribution in [2.45, 2.75) is 46.0 Å². The Morgan fingerprint density at radius 2 is 1.77 bits per heavy atom. The standard InChI is InChI=1S/C21H28FN3O4S/c1-6-7-8-16(26)20(27)17-18(13(2)3)23-21(25(4)30(5,28)29)24-19(17)14-9-11-15(22)12-10-14/h9-13,26-27H,6-8H2,1-5H3/b20-16+. The van der Waals surface area contributed by atoms with Gasteiger partial charge in [0.1, 0.15) is 11.6 Å². The van der Waals surface area contributed by atoms with Gasteiger partial charge in [-0.2, -0.15) is 0 Å². The largest absolute Gasteiger partial charge is 0.508 e. The Kier molecular flexibility index (Phi) is 7.41. The Labute approximate surface area is 177 Å². The molecule has 164 valence electrons. The molecule has 30 heavy (non-hydrogen) atoms. The van der Waals surface area contributed by atoms with Crippen molar-refractivity contribution in [1.29, 1.82) is 0 Å². The molecule has 0 fully saturated rings. The number of rotatable bonds is 8. The number of nitrogens with zero attached hydrogens (tertiary/aromatic N) is 3. The SMILES string of the molecule is CCCC/C(O)=C(\O)c1c(-c2ccc(F)cc2)nc(N(C)S(C)(=O)=O)nc1C(C)C. The van der Waals surface area contributed by atoms with Crippen molar-refractivity contribution in [3.05, 3.63) is 47.1 Å². The molecular weight excluding hydrogens is 409 g/mol. The molecular formula is C21H28FN3O4S. The number of hydrogen-bond donors (Lipinski definition) is 2. The predicted octanol–water partition coefficient (Wildman–Crippen LogP) is 4.78. The fourth-order valence-electron chi connectivity index (χ4n) is 2.83. The van der Waals surface area contributed by atoms with Gasteiger partial charge in [-0.15, -0.1) is 0 Å². The van der Waals surface area contributed by atoms with Crippen molar-refractivity contribution < 1.29 is 23.0 Å². The molecule has 0 atom stereocenters. The molecule has 0 saturated heterocycles. The molecule has 1 heterocycles. The van der Waals surface area contributed by atoms with E-state index in [1.165, 1.54) is 31.3 Å². The van der Waals surface area contributed by atoms with Gasteiger partial charge in [-0.05, 0) is 36.6 Å². The Hall–Kier alpha value is -2.68. The number of allylic oxidation sites excluding steroid dienone is 1. The van der Waals surface area contributed by atoms with Crippen LogP contribution in [0.4, 0.5) is 10.3 Å². The number of aliphatic hydroxyl groups is 2. The van der Waals surface area contributed by atoms with Gasteiger partial charge in [0.2, 0.25) is 16.0 Å². The summed E-state index contributed by atoms with van der Waals surface area (Å²) in [7, 11) is -2.31. The second-order valence-electron chi connectivity index (χ2n) is 7.42. The number of hydrogen-bond acceptors (Lipinski definition) is 6. The van der Waals surface area contributed by atoms with Gasteiger partial charge >= 0.3 is 0 Å². The zero-order valence-corrected chi connectivity index (χ0v) is 18.7. The van der Waals surface area contributed by atoms with Crippen LogP contribution in [0.1, 0.15) is 57.2 Å². The second-order valence-corrected chi connectivity index (χ2v) is 9.44. The Balaban J connectivity index is 2.88. The van der Waals surface area contributed by atoms with E-state index in [1.54, 1.807) is 0 Å². The lowest BCUT2D eigenvalue weighted by Crippen LogP contribution is -2.28. The van der Waals surface area contributed by atoms with Crippen LogP contribution in [0.2, 0.25) is 0 Å². The maximum absolute atomic E-state index is 13.5. The van der Waals surface area contributed by atoms with Crippen LogP contribution >= 0.6 is 0 Å². The van der Waals surface area contributed by atoms with Crippen LogP contribution in [0.5, 0.6) is 0 Å². The van der Waals surface area contributed by atoms with Crippen molar-refractivity contribution in [3.8, 4) is 11.3 Å². The van der Waals surface area contributed by atoms with E-state index in [0.29, 0.717) is 17.7 Å². The third-order valence-electron chi connectivity index (χ3n) is 4.65. The fourth-order valence-corrected chi connectivity index (χ4v) is 3.21. The van der Waals surface area contributed by atoms with E-state index < -0.39 is 15.8 Å². The molecule has 9 heteroatoms. The van der Waals surface area contributed by atoms with Crippen molar-refractivity contribution in [2.24, 2.45) is 0 Å². The number of sulfonamides is 1. The second kappa shape index (κ2) is 9.42. The van der Waals surface area contributed by atoms with Gasteiger partial charge in [-0.25, -0.2) is 27.1 Å². The Bertz CT molecular complexity index is 1030. The smallest absolute Gasteiger partial charge is 0.239 e. The molecule has 0 aliphatic heterocycles. The van der Waals surface area contributed by atoms with Crippen LogP contribution in [0.25, 0.3) is 17.0 Å². The molecule has 7 nitrogen and oxygen atoms in total. The molecule has 0 bridgehead atoms. The van der Waals surface area contributed by atoms with Crippen molar-refractivity contribution >= 4 is 21.7 Å². The summed E-state index contributed by atoms with van der Waals surface area (Å²) in [4.78, 5) is 8.76. The summed E-state index contributed by atoms with van der Waals surface area (Å²) in [6.07, 6.45) is 2.81. The average molecular weight is 438 g/mol. The third-order valence-corrected chi connectivity index (χ3v) is 5.80. The quantitative estimate of drug-likeness (QED) is 0.576. The maximum Gasteiger partial charge on any atom is 0.239 e.